The summed E-state index contributed by atoms with van der Waals surface area (Å²) in [4.78, 5) is 50.0. The van der Waals surface area contributed by atoms with Crippen LogP contribution in [-0.4, -0.2) is 54.6 Å². The van der Waals surface area contributed by atoms with Crippen molar-refractivity contribution < 1.29 is 27.5 Å². The fourth-order valence-corrected chi connectivity index (χ4v) is 5.37. The zero-order chi connectivity index (χ0) is 27.7. The van der Waals surface area contributed by atoms with Crippen LogP contribution in [0.1, 0.15) is 52.7 Å². The number of hydrogen-bond donors (Lipinski definition) is 0. The molecule has 2 heterocycles. The summed E-state index contributed by atoms with van der Waals surface area (Å²) in [6, 6.07) is 17.5. The number of ether oxygens (including phenoxy) is 1. The van der Waals surface area contributed by atoms with Gasteiger partial charge in [-0.25, -0.2) is 23.1 Å². The number of carbonyl (C=O) groups excluding carboxylic acids is 3. The average molecular weight is 534 g/mol. The molecule has 1 atom stereocenters. The number of amidine groups is 1. The molecule has 0 aliphatic carbocycles. The first kappa shape index (κ1) is 26.9. The average Bonchev–Trinajstić information content (AvgIpc) is 3.19. The Morgan fingerprint density at radius 3 is 2.21 bits per heavy atom. The van der Waals surface area contributed by atoms with Crippen molar-refractivity contribution in [2.45, 2.75) is 37.0 Å². The van der Waals surface area contributed by atoms with Crippen LogP contribution in [0.2, 0.25) is 0 Å². The number of amides is 2. The monoisotopic (exact) mass is 533 g/mol. The van der Waals surface area contributed by atoms with Gasteiger partial charge in [0.25, 0.3) is 11.8 Å². The van der Waals surface area contributed by atoms with E-state index in [-0.39, 0.29) is 39.0 Å². The van der Waals surface area contributed by atoms with Gasteiger partial charge in [-0.1, -0.05) is 50.2 Å². The van der Waals surface area contributed by atoms with Gasteiger partial charge in [-0.2, -0.15) is 0 Å². The maximum Gasteiger partial charge on any atom is 0.340 e. The molecule has 10 heteroatoms. The van der Waals surface area contributed by atoms with E-state index in [2.05, 4.69) is 9.98 Å². The zero-order valence-electron chi connectivity index (χ0n) is 21.4. The third-order valence-electron chi connectivity index (χ3n) is 6.55. The van der Waals surface area contributed by atoms with E-state index >= 15 is 0 Å². The standard InChI is InChI=1S/C28H27N3O6S/c1-18(2)28(3)27(34)31(25(32)20-11-7-5-8-12-20)24(30-28)23-22(26(33)37-4)15-19(16-29-23)17-38(35,36)21-13-9-6-10-14-21/h5-16,18H,17H2,1-4H3. The van der Waals surface area contributed by atoms with Gasteiger partial charge in [0.2, 0.25) is 0 Å². The molecule has 196 valence electrons. The maximum atomic E-state index is 13.6. The first-order chi connectivity index (χ1) is 18.0. The summed E-state index contributed by atoms with van der Waals surface area (Å²) in [6.07, 6.45) is 1.30. The Morgan fingerprint density at radius 1 is 1.03 bits per heavy atom. The van der Waals surface area contributed by atoms with E-state index in [1.807, 2.05) is 13.8 Å². The molecule has 4 rings (SSSR count). The van der Waals surface area contributed by atoms with Gasteiger partial charge < -0.3 is 4.74 Å². The lowest BCUT2D eigenvalue weighted by Crippen LogP contribution is -2.47. The van der Waals surface area contributed by atoms with Crippen LogP contribution in [0, 0.1) is 5.92 Å². The number of aliphatic imine (C=N–C) groups is 1. The number of benzene rings is 2. The molecule has 1 aliphatic heterocycles. The van der Waals surface area contributed by atoms with Crippen molar-refractivity contribution in [3.63, 3.8) is 0 Å². The van der Waals surface area contributed by atoms with Gasteiger partial charge in [-0.3, -0.25) is 14.6 Å². The largest absolute Gasteiger partial charge is 0.465 e. The summed E-state index contributed by atoms with van der Waals surface area (Å²) >= 11 is 0. The Kier molecular flexibility index (Phi) is 7.28. The quantitative estimate of drug-likeness (QED) is 0.335. The van der Waals surface area contributed by atoms with Crippen molar-refractivity contribution >= 4 is 33.5 Å². The smallest absolute Gasteiger partial charge is 0.340 e. The molecule has 0 bridgehead atoms. The predicted molar refractivity (Wildman–Crippen MR) is 140 cm³/mol. The van der Waals surface area contributed by atoms with Crippen molar-refractivity contribution in [3.05, 3.63) is 95.3 Å². The van der Waals surface area contributed by atoms with Crippen molar-refractivity contribution in [1.29, 1.82) is 0 Å². The summed E-state index contributed by atoms with van der Waals surface area (Å²) in [7, 11) is -2.56. The molecule has 0 radical (unpaired) electrons. The lowest BCUT2D eigenvalue weighted by molar-refractivity contribution is -0.130. The molecule has 0 fully saturated rings. The second-order valence-corrected chi connectivity index (χ2v) is 11.3. The van der Waals surface area contributed by atoms with Crippen molar-refractivity contribution in [1.82, 2.24) is 9.88 Å². The van der Waals surface area contributed by atoms with Crippen molar-refractivity contribution in [2.75, 3.05) is 7.11 Å². The minimum Gasteiger partial charge on any atom is -0.465 e. The second-order valence-electron chi connectivity index (χ2n) is 9.35. The van der Waals surface area contributed by atoms with Crippen LogP contribution >= 0.6 is 0 Å². The van der Waals surface area contributed by atoms with Crippen LogP contribution in [0.4, 0.5) is 0 Å². The van der Waals surface area contributed by atoms with E-state index in [1.165, 1.54) is 31.5 Å². The van der Waals surface area contributed by atoms with E-state index in [9.17, 15) is 22.8 Å². The molecule has 0 saturated carbocycles. The van der Waals surface area contributed by atoms with Crippen LogP contribution in [0.25, 0.3) is 0 Å². The van der Waals surface area contributed by atoms with E-state index < -0.39 is 38.9 Å². The summed E-state index contributed by atoms with van der Waals surface area (Å²) in [5.41, 5.74) is -0.968. The first-order valence-corrected chi connectivity index (χ1v) is 13.5. The highest BCUT2D eigenvalue weighted by atomic mass is 32.2. The van der Waals surface area contributed by atoms with Gasteiger partial charge in [0.05, 0.1) is 23.3 Å². The highest BCUT2D eigenvalue weighted by Gasteiger charge is 2.50. The minimum atomic E-state index is -3.73. The van der Waals surface area contributed by atoms with Crippen LogP contribution in [0.5, 0.6) is 0 Å². The van der Waals surface area contributed by atoms with Crippen LogP contribution < -0.4 is 0 Å². The highest BCUT2D eigenvalue weighted by molar-refractivity contribution is 7.90. The van der Waals surface area contributed by atoms with Gasteiger partial charge >= 0.3 is 5.97 Å². The molecule has 3 aromatic rings. The van der Waals surface area contributed by atoms with Crippen molar-refractivity contribution in [2.24, 2.45) is 10.9 Å². The number of pyridine rings is 1. The molecule has 0 spiro atoms. The van der Waals surface area contributed by atoms with Gasteiger partial charge in [-0.15, -0.1) is 0 Å². The Labute approximate surface area is 221 Å². The molecule has 0 saturated heterocycles. The maximum absolute atomic E-state index is 13.6. The predicted octanol–water partition coefficient (Wildman–Crippen LogP) is 3.69. The lowest BCUT2D eigenvalue weighted by atomic mass is 9.88. The number of methoxy groups -OCH3 is 1. The number of carbonyl (C=O) groups is 3. The number of rotatable bonds is 7. The molecule has 38 heavy (non-hydrogen) atoms. The van der Waals surface area contributed by atoms with Crippen LogP contribution in [-0.2, 0) is 25.1 Å². The number of aromatic nitrogens is 1. The molecule has 2 aromatic carbocycles. The number of hydrogen-bond acceptors (Lipinski definition) is 8. The van der Waals surface area contributed by atoms with E-state index in [0.29, 0.717) is 0 Å². The summed E-state index contributed by atoms with van der Waals surface area (Å²) < 4.78 is 30.8. The summed E-state index contributed by atoms with van der Waals surface area (Å²) in [5.74, 6) is -2.78. The highest BCUT2D eigenvalue weighted by Crippen LogP contribution is 2.34. The Balaban J connectivity index is 1.84. The van der Waals surface area contributed by atoms with Crippen LogP contribution in [0.3, 0.4) is 0 Å². The number of nitrogens with zero attached hydrogens (tertiary/aromatic N) is 3. The van der Waals surface area contributed by atoms with Gasteiger partial charge in [-0.05, 0) is 48.7 Å². The van der Waals surface area contributed by atoms with E-state index in [0.717, 1.165) is 4.90 Å². The van der Waals surface area contributed by atoms with Crippen molar-refractivity contribution in [3.8, 4) is 0 Å². The molecule has 2 amide bonds. The summed E-state index contributed by atoms with van der Waals surface area (Å²) in [6.45, 7) is 5.24. The number of imide groups is 1. The first-order valence-electron chi connectivity index (χ1n) is 11.9. The SMILES string of the molecule is COC(=O)c1cc(CS(=O)(=O)c2ccccc2)cnc1C1=NC(C)(C(C)C)C(=O)N1C(=O)c1ccccc1. The third-order valence-corrected chi connectivity index (χ3v) is 8.26. The number of sulfone groups is 1. The Hall–Kier alpha value is -4.18. The molecule has 1 aliphatic rings. The van der Waals surface area contributed by atoms with Gasteiger partial charge in [0, 0.05) is 11.8 Å². The second kappa shape index (κ2) is 10.3. The third kappa shape index (κ3) is 4.87. The molecule has 1 unspecified atom stereocenters. The number of esters is 1. The van der Waals surface area contributed by atoms with Crippen LogP contribution in [0.15, 0.2) is 82.8 Å². The molecule has 9 nitrogen and oxygen atoms in total. The molecule has 0 N–H and O–H groups in total. The minimum absolute atomic E-state index is 0.0558. The van der Waals surface area contributed by atoms with E-state index in [4.69, 9.17) is 4.74 Å². The molecular formula is C28H27N3O6S. The summed E-state index contributed by atoms with van der Waals surface area (Å²) in [5, 5.41) is 0. The lowest BCUT2D eigenvalue weighted by Gasteiger charge is -2.25. The Morgan fingerprint density at radius 2 is 1.63 bits per heavy atom. The Bertz CT molecular complexity index is 1540. The fraction of sp³-hybridized carbons (Fsp3) is 0.250. The normalized spacial score (nSPS) is 17.4. The van der Waals surface area contributed by atoms with E-state index in [1.54, 1.807) is 55.5 Å². The van der Waals surface area contributed by atoms with Gasteiger partial charge in [0.1, 0.15) is 11.2 Å². The fourth-order valence-electron chi connectivity index (χ4n) is 4.03. The molecular weight excluding hydrogens is 506 g/mol. The van der Waals surface area contributed by atoms with Gasteiger partial charge in [0.15, 0.2) is 15.7 Å². The topological polar surface area (TPSA) is 123 Å². The zero-order valence-corrected chi connectivity index (χ0v) is 22.2. The molecule has 1 aromatic heterocycles.